The van der Waals surface area contributed by atoms with Crippen LogP contribution in [0.25, 0.3) is 0 Å². The number of nitrogens with zero attached hydrogens (tertiary/aromatic N) is 3. The third-order valence-electron chi connectivity index (χ3n) is 4.30. The third-order valence-corrected chi connectivity index (χ3v) is 4.30. The number of para-hydroxylation sites is 1. The maximum atomic E-state index is 6.06. The van der Waals surface area contributed by atoms with Gasteiger partial charge in [-0.25, -0.2) is 0 Å². The number of morpholine rings is 1. The van der Waals surface area contributed by atoms with Gasteiger partial charge in [0.15, 0.2) is 5.96 Å². The Bertz CT molecular complexity index is 517. The number of halogens is 1. The van der Waals surface area contributed by atoms with Crippen LogP contribution < -0.4 is 10.6 Å². The zero-order valence-electron chi connectivity index (χ0n) is 13.1. The molecule has 1 atom stereocenters. The van der Waals surface area contributed by atoms with Gasteiger partial charge < -0.3 is 20.3 Å². The van der Waals surface area contributed by atoms with Crippen molar-refractivity contribution in [3.8, 4) is 0 Å². The molecule has 0 amide bonds. The van der Waals surface area contributed by atoms with E-state index in [-0.39, 0.29) is 24.0 Å². The van der Waals surface area contributed by atoms with E-state index >= 15 is 0 Å². The van der Waals surface area contributed by atoms with Crippen molar-refractivity contribution < 1.29 is 4.74 Å². The molecule has 122 valence electrons. The molecule has 1 fully saturated rings. The van der Waals surface area contributed by atoms with Crippen LogP contribution >= 0.6 is 24.0 Å². The lowest BCUT2D eigenvalue weighted by Gasteiger charge is -2.28. The maximum absolute atomic E-state index is 6.06. The second-order valence-corrected chi connectivity index (χ2v) is 5.71. The number of anilines is 1. The van der Waals surface area contributed by atoms with E-state index in [1.54, 1.807) is 0 Å². The molecule has 1 aromatic carbocycles. The van der Waals surface area contributed by atoms with Gasteiger partial charge in [0.1, 0.15) is 0 Å². The van der Waals surface area contributed by atoms with E-state index in [9.17, 15) is 0 Å². The highest BCUT2D eigenvalue weighted by Gasteiger charge is 2.24. The van der Waals surface area contributed by atoms with Crippen LogP contribution in [0.15, 0.2) is 29.3 Å². The number of rotatable bonds is 3. The van der Waals surface area contributed by atoms with Crippen molar-refractivity contribution in [3.63, 3.8) is 0 Å². The highest BCUT2D eigenvalue weighted by molar-refractivity contribution is 14.0. The number of hydrogen-bond acceptors (Lipinski definition) is 3. The molecule has 22 heavy (non-hydrogen) atoms. The summed E-state index contributed by atoms with van der Waals surface area (Å²) in [6, 6.07) is 9.19. The Kier molecular flexibility index (Phi) is 6.31. The minimum absolute atomic E-state index is 0. The molecule has 0 saturated carbocycles. The fourth-order valence-corrected chi connectivity index (χ4v) is 3.14. The van der Waals surface area contributed by atoms with Crippen LogP contribution in [-0.4, -0.2) is 56.3 Å². The monoisotopic (exact) mass is 416 g/mol. The molecule has 0 spiro atoms. The molecule has 2 aliphatic heterocycles. The Labute approximate surface area is 149 Å². The number of ether oxygens (including phenoxy) is 1. The van der Waals surface area contributed by atoms with Gasteiger partial charge >= 0.3 is 0 Å². The van der Waals surface area contributed by atoms with Crippen molar-refractivity contribution in [1.82, 2.24) is 4.90 Å². The highest BCUT2D eigenvalue weighted by atomic mass is 127. The molecule has 0 aromatic heterocycles. The predicted octanol–water partition coefficient (Wildman–Crippen LogP) is 1.70. The van der Waals surface area contributed by atoms with Crippen molar-refractivity contribution in [2.24, 2.45) is 10.7 Å². The first-order valence-electron chi connectivity index (χ1n) is 7.73. The minimum atomic E-state index is 0. The maximum Gasteiger partial charge on any atom is 0.191 e. The minimum Gasteiger partial charge on any atom is -0.378 e. The average molecular weight is 416 g/mol. The van der Waals surface area contributed by atoms with Gasteiger partial charge in [-0.3, -0.25) is 4.99 Å². The Balaban J connectivity index is 0.00000176. The first kappa shape index (κ1) is 17.3. The first-order chi connectivity index (χ1) is 10.3. The molecule has 1 saturated heterocycles. The van der Waals surface area contributed by atoms with Crippen LogP contribution in [-0.2, 0) is 11.2 Å². The second kappa shape index (κ2) is 8.01. The number of fused-ring (bicyclic) bond motifs is 1. The molecular formula is C16H25IN4O. The standard InChI is InChI=1S/C16H24N4O.HI/c1-13-12-14-4-2-3-5-15(14)20(13)7-6-18-16(17)19-8-10-21-11-9-19;/h2-5,13H,6-12H2,1H3,(H2,17,18);1H. The molecule has 2 heterocycles. The molecule has 0 bridgehead atoms. The molecule has 2 N–H and O–H groups in total. The van der Waals surface area contributed by atoms with E-state index in [0.29, 0.717) is 12.0 Å². The van der Waals surface area contributed by atoms with Crippen molar-refractivity contribution in [1.29, 1.82) is 0 Å². The van der Waals surface area contributed by atoms with Crippen LogP contribution in [0.5, 0.6) is 0 Å². The topological polar surface area (TPSA) is 54.1 Å². The number of nitrogens with two attached hydrogens (primary N) is 1. The molecular weight excluding hydrogens is 391 g/mol. The first-order valence-corrected chi connectivity index (χ1v) is 7.73. The van der Waals surface area contributed by atoms with Crippen LogP contribution in [0.2, 0.25) is 0 Å². The van der Waals surface area contributed by atoms with E-state index in [4.69, 9.17) is 10.5 Å². The zero-order valence-corrected chi connectivity index (χ0v) is 15.4. The van der Waals surface area contributed by atoms with Crippen molar-refractivity contribution in [2.45, 2.75) is 19.4 Å². The van der Waals surface area contributed by atoms with Crippen LogP contribution in [0.4, 0.5) is 5.69 Å². The molecule has 1 unspecified atom stereocenters. The summed E-state index contributed by atoms with van der Waals surface area (Å²) in [7, 11) is 0. The summed E-state index contributed by atoms with van der Waals surface area (Å²) in [6.45, 7) is 7.11. The van der Waals surface area contributed by atoms with Gasteiger partial charge in [-0.05, 0) is 25.0 Å². The quantitative estimate of drug-likeness (QED) is 0.463. The van der Waals surface area contributed by atoms with Crippen LogP contribution in [0, 0.1) is 0 Å². The summed E-state index contributed by atoms with van der Waals surface area (Å²) < 4.78 is 5.33. The van der Waals surface area contributed by atoms with E-state index in [0.717, 1.165) is 45.8 Å². The fraction of sp³-hybridized carbons (Fsp3) is 0.562. The van der Waals surface area contributed by atoms with E-state index < -0.39 is 0 Å². The molecule has 6 heteroatoms. The van der Waals surface area contributed by atoms with E-state index in [1.807, 2.05) is 0 Å². The normalized spacial score (nSPS) is 21.5. The Morgan fingerprint density at radius 2 is 2.05 bits per heavy atom. The van der Waals surface area contributed by atoms with Gasteiger partial charge in [0, 0.05) is 31.4 Å². The van der Waals surface area contributed by atoms with Gasteiger partial charge in [0.05, 0.1) is 19.8 Å². The van der Waals surface area contributed by atoms with Crippen molar-refractivity contribution in [3.05, 3.63) is 29.8 Å². The SMILES string of the molecule is CC1Cc2ccccc2N1CCN=C(N)N1CCOCC1.I. The second-order valence-electron chi connectivity index (χ2n) is 5.71. The van der Waals surface area contributed by atoms with E-state index in [2.05, 4.69) is 46.0 Å². The Hall–Kier alpha value is -1.02. The summed E-state index contributed by atoms with van der Waals surface area (Å²) in [5.74, 6) is 0.651. The third kappa shape index (κ3) is 3.84. The Morgan fingerprint density at radius 1 is 1.32 bits per heavy atom. The Morgan fingerprint density at radius 3 is 2.82 bits per heavy atom. The van der Waals surface area contributed by atoms with Gasteiger partial charge in [-0.15, -0.1) is 24.0 Å². The number of hydrogen-bond donors (Lipinski definition) is 1. The fourth-order valence-electron chi connectivity index (χ4n) is 3.14. The average Bonchev–Trinajstić information content (AvgIpc) is 2.84. The highest BCUT2D eigenvalue weighted by Crippen LogP contribution is 2.31. The molecule has 2 aliphatic rings. The van der Waals surface area contributed by atoms with Gasteiger partial charge in [-0.2, -0.15) is 0 Å². The van der Waals surface area contributed by atoms with Gasteiger partial charge in [0.2, 0.25) is 0 Å². The molecule has 3 rings (SSSR count). The predicted molar refractivity (Wildman–Crippen MR) is 101 cm³/mol. The zero-order chi connectivity index (χ0) is 14.7. The van der Waals surface area contributed by atoms with E-state index in [1.165, 1.54) is 11.3 Å². The summed E-state index contributed by atoms with van der Waals surface area (Å²) >= 11 is 0. The van der Waals surface area contributed by atoms with Crippen molar-refractivity contribution in [2.75, 3.05) is 44.3 Å². The lowest BCUT2D eigenvalue weighted by Crippen LogP contribution is -2.45. The summed E-state index contributed by atoms with van der Waals surface area (Å²) in [5, 5.41) is 0. The number of benzene rings is 1. The molecule has 0 aliphatic carbocycles. The van der Waals surface area contributed by atoms with Crippen LogP contribution in [0.3, 0.4) is 0 Å². The smallest absolute Gasteiger partial charge is 0.191 e. The van der Waals surface area contributed by atoms with Crippen molar-refractivity contribution >= 4 is 35.6 Å². The number of guanidine groups is 1. The molecule has 5 nitrogen and oxygen atoms in total. The lowest BCUT2D eigenvalue weighted by atomic mass is 10.1. The summed E-state index contributed by atoms with van der Waals surface area (Å²) in [4.78, 5) is 9.08. The number of aliphatic imine (C=N–C) groups is 1. The largest absolute Gasteiger partial charge is 0.378 e. The van der Waals surface area contributed by atoms with Gasteiger partial charge in [-0.1, -0.05) is 18.2 Å². The molecule has 0 radical (unpaired) electrons. The lowest BCUT2D eigenvalue weighted by molar-refractivity contribution is 0.0674. The van der Waals surface area contributed by atoms with Crippen LogP contribution in [0.1, 0.15) is 12.5 Å². The molecule has 1 aromatic rings. The van der Waals surface area contributed by atoms with Gasteiger partial charge in [0.25, 0.3) is 0 Å². The summed E-state index contributed by atoms with van der Waals surface area (Å²) in [5.41, 5.74) is 8.86. The summed E-state index contributed by atoms with van der Waals surface area (Å²) in [6.07, 6.45) is 1.12.